The molecule has 0 radical (unpaired) electrons. The lowest BCUT2D eigenvalue weighted by atomic mass is 10.1. The highest BCUT2D eigenvalue weighted by molar-refractivity contribution is 5.79. The van der Waals surface area contributed by atoms with Gasteiger partial charge in [-0.1, -0.05) is 48.5 Å². The Morgan fingerprint density at radius 3 is 2.48 bits per heavy atom. The average molecular weight is 311 g/mol. The molecule has 1 N–H and O–H groups in total. The Labute approximate surface area is 138 Å². The van der Waals surface area contributed by atoms with E-state index in [1.165, 1.54) is 11.1 Å². The van der Waals surface area contributed by atoms with E-state index in [0.29, 0.717) is 0 Å². The van der Waals surface area contributed by atoms with Gasteiger partial charge in [0.05, 0.1) is 7.11 Å². The van der Waals surface area contributed by atoms with Gasteiger partial charge in [0.25, 0.3) is 0 Å². The molecule has 2 aromatic rings. The molecule has 0 bridgehead atoms. The Kier molecular flexibility index (Phi) is 6.48. The summed E-state index contributed by atoms with van der Waals surface area (Å²) in [6.07, 6.45) is 0.891. The summed E-state index contributed by atoms with van der Waals surface area (Å²) in [6.45, 7) is 1.64. The number of benzene rings is 2. The number of nitrogens with zero attached hydrogens (tertiary/aromatic N) is 2. The van der Waals surface area contributed by atoms with E-state index in [0.717, 1.165) is 31.2 Å². The highest BCUT2D eigenvalue weighted by Gasteiger charge is 2.07. The first-order valence-corrected chi connectivity index (χ1v) is 7.82. The monoisotopic (exact) mass is 311 g/mol. The van der Waals surface area contributed by atoms with Gasteiger partial charge in [0, 0.05) is 27.2 Å². The molecule has 0 fully saturated rings. The van der Waals surface area contributed by atoms with Crippen molar-refractivity contribution in [3.63, 3.8) is 0 Å². The van der Waals surface area contributed by atoms with E-state index in [1.807, 2.05) is 38.4 Å². The number of guanidine groups is 1. The van der Waals surface area contributed by atoms with E-state index in [-0.39, 0.29) is 0 Å². The van der Waals surface area contributed by atoms with Crippen molar-refractivity contribution >= 4 is 5.96 Å². The van der Waals surface area contributed by atoms with Crippen molar-refractivity contribution < 1.29 is 4.74 Å². The molecule has 23 heavy (non-hydrogen) atoms. The minimum absolute atomic E-state index is 0.812. The molecule has 0 aliphatic carbocycles. The summed E-state index contributed by atoms with van der Waals surface area (Å²) < 4.78 is 5.39. The minimum Gasteiger partial charge on any atom is -0.496 e. The van der Waals surface area contributed by atoms with Crippen LogP contribution < -0.4 is 10.1 Å². The van der Waals surface area contributed by atoms with Gasteiger partial charge in [0.15, 0.2) is 5.96 Å². The molecule has 2 rings (SSSR count). The standard InChI is InChI=1S/C19H25N3O/c1-20-19(22(2)15-16-9-5-4-6-10-16)21-14-13-17-11-7-8-12-18(17)23-3/h4-12H,13-15H2,1-3H3,(H,20,21). The van der Waals surface area contributed by atoms with E-state index in [1.54, 1.807) is 7.11 Å². The first-order chi connectivity index (χ1) is 11.2. The smallest absolute Gasteiger partial charge is 0.193 e. The molecule has 122 valence electrons. The number of rotatable bonds is 6. The minimum atomic E-state index is 0.812. The Balaban J connectivity index is 1.87. The topological polar surface area (TPSA) is 36.9 Å². The fourth-order valence-corrected chi connectivity index (χ4v) is 2.54. The van der Waals surface area contributed by atoms with E-state index >= 15 is 0 Å². The number of nitrogens with one attached hydrogen (secondary N) is 1. The van der Waals surface area contributed by atoms with Crippen LogP contribution in [-0.4, -0.2) is 38.6 Å². The molecule has 0 aliphatic heterocycles. The molecule has 4 heteroatoms. The zero-order valence-corrected chi connectivity index (χ0v) is 14.1. The van der Waals surface area contributed by atoms with E-state index < -0.39 is 0 Å². The van der Waals surface area contributed by atoms with Crippen LogP contribution in [0.15, 0.2) is 59.6 Å². The first-order valence-electron chi connectivity index (χ1n) is 7.82. The van der Waals surface area contributed by atoms with Crippen LogP contribution in [0.3, 0.4) is 0 Å². The normalized spacial score (nSPS) is 11.2. The number of hydrogen-bond donors (Lipinski definition) is 1. The molecule has 0 aromatic heterocycles. The molecule has 0 heterocycles. The van der Waals surface area contributed by atoms with E-state index in [4.69, 9.17) is 4.74 Å². The van der Waals surface area contributed by atoms with Crippen LogP contribution >= 0.6 is 0 Å². The van der Waals surface area contributed by atoms with Gasteiger partial charge < -0.3 is 15.0 Å². The van der Waals surface area contributed by atoms with Crippen LogP contribution in [0.1, 0.15) is 11.1 Å². The van der Waals surface area contributed by atoms with Crippen LogP contribution in [0.2, 0.25) is 0 Å². The Morgan fingerprint density at radius 2 is 1.78 bits per heavy atom. The number of hydrogen-bond acceptors (Lipinski definition) is 2. The SMILES string of the molecule is CN=C(NCCc1ccccc1OC)N(C)Cc1ccccc1. The third kappa shape index (κ3) is 5.02. The Bertz CT molecular complexity index is 626. The fourth-order valence-electron chi connectivity index (χ4n) is 2.54. The lowest BCUT2D eigenvalue weighted by Crippen LogP contribution is -2.39. The average Bonchev–Trinajstić information content (AvgIpc) is 2.60. The second kappa shape index (κ2) is 8.83. The lowest BCUT2D eigenvalue weighted by molar-refractivity contribution is 0.409. The van der Waals surface area contributed by atoms with Gasteiger partial charge in [-0.25, -0.2) is 0 Å². The van der Waals surface area contributed by atoms with Gasteiger partial charge in [0.2, 0.25) is 0 Å². The Morgan fingerprint density at radius 1 is 1.09 bits per heavy atom. The van der Waals surface area contributed by atoms with Gasteiger partial charge in [-0.15, -0.1) is 0 Å². The summed E-state index contributed by atoms with van der Waals surface area (Å²) in [7, 11) is 5.57. The molecule has 4 nitrogen and oxygen atoms in total. The number of para-hydroxylation sites is 1. The van der Waals surface area contributed by atoms with Crippen molar-refractivity contribution in [1.29, 1.82) is 0 Å². The zero-order valence-electron chi connectivity index (χ0n) is 14.1. The molecular weight excluding hydrogens is 286 g/mol. The third-order valence-electron chi connectivity index (χ3n) is 3.71. The molecule has 0 saturated carbocycles. The summed E-state index contributed by atoms with van der Waals surface area (Å²) in [6, 6.07) is 18.5. The summed E-state index contributed by atoms with van der Waals surface area (Å²) in [4.78, 5) is 6.48. The largest absolute Gasteiger partial charge is 0.496 e. The molecule has 0 saturated heterocycles. The van der Waals surface area contributed by atoms with Crippen LogP contribution in [0, 0.1) is 0 Å². The van der Waals surface area contributed by atoms with Crippen molar-refractivity contribution in [2.45, 2.75) is 13.0 Å². The summed E-state index contributed by atoms with van der Waals surface area (Å²) >= 11 is 0. The first kappa shape index (κ1) is 16.9. The third-order valence-corrected chi connectivity index (χ3v) is 3.71. The van der Waals surface area contributed by atoms with Gasteiger partial charge in [0.1, 0.15) is 5.75 Å². The van der Waals surface area contributed by atoms with Crippen LogP contribution in [-0.2, 0) is 13.0 Å². The zero-order chi connectivity index (χ0) is 16.5. The molecule has 0 unspecified atom stereocenters. The lowest BCUT2D eigenvalue weighted by Gasteiger charge is -2.22. The van der Waals surface area contributed by atoms with E-state index in [9.17, 15) is 0 Å². The molecule has 0 atom stereocenters. The highest BCUT2D eigenvalue weighted by atomic mass is 16.5. The van der Waals surface area contributed by atoms with E-state index in [2.05, 4.69) is 45.5 Å². The Hall–Kier alpha value is -2.49. The maximum atomic E-state index is 5.39. The number of ether oxygens (including phenoxy) is 1. The van der Waals surface area contributed by atoms with Crippen molar-refractivity contribution in [1.82, 2.24) is 10.2 Å². The van der Waals surface area contributed by atoms with Crippen molar-refractivity contribution in [3.8, 4) is 5.75 Å². The van der Waals surface area contributed by atoms with Gasteiger partial charge in [-0.05, 0) is 23.6 Å². The second-order valence-corrected chi connectivity index (χ2v) is 5.38. The van der Waals surface area contributed by atoms with Crippen LogP contribution in [0.25, 0.3) is 0 Å². The molecule has 0 amide bonds. The quantitative estimate of drug-likeness (QED) is 0.658. The summed E-state index contributed by atoms with van der Waals surface area (Å²) in [5.74, 6) is 1.82. The maximum Gasteiger partial charge on any atom is 0.193 e. The molecule has 0 aliphatic rings. The summed E-state index contributed by atoms with van der Waals surface area (Å²) in [5.41, 5.74) is 2.46. The fraction of sp³-hybridized carbons (Fsp3) is 0.316. The predicted octanol–water partition coefficient (Wildman–Crippen LogP) is 2.95. The number of aliphatic imine (C=N–C) groups is 1. The maximum absolute atomic E-state index is 5.39. The van der Waals surface area contributed by atoms with Crippen molar-refractivity contribution in [3.05, 3.63) is 65.7 Å². The van der Waals surface area contributed by atoms with Crippen molar-refractivity contribution in [2.24, 2.45) is 4.99 Å². The molecule has 0 spiro atoms. The number of methoxy groups -OCH3 is 1. The molecule has 2 aromatic carbocycles. The van der Waals surface area contributed by atoms with Crippen LogP contribution in [0.4, 0.5) is 0 Å². The predicted molar refractivity (Wildman–Crippen MR) is 96.0 cm³/mol. The molecular formula is C19H25N3O. The van der Waals surface area contributed by atoms with Crippen LogP contribution in [0.5, 0.6) is 5.75 Å². The van der Waals surface area contributed by atoms with Gasteiger partial charge in [-0.3, -0.25) is 4.99 Å². The highest BCUT2D eigenvalue weighted by Crippen LogP contribution is 2.17. The van der Waals surface area contributed by atoms with Crippen molar-refractivity contribution in [2.75, 3.05) is 27.7 Å². The summed E-state index contributed by atoms with van der Waals surface area (Å²) in [5, 5.41) is 3.41. The second-order valence-electron chi connectivity index (χ2n) is 5.38. The van der Waals surface area contributed by atoms with Gasteiger partial charge in [-0.2, -0.15) is 0 Å². The van der Waals surface area contributed by atoms with Gasteiger partial charge >= 0.3 is 0 Å².